The summed E-state index contributed by atoms with van der Waals surface area (Å²) in [6.07, 6.45) is 2.12. The summed E-state index contributed by atoms with van der Waals surface area (Å²) in [5.74, 6) is -0.483. The maximum Gasteiger partial charge on any atom is 0.252 e. The lowest BCUT2D eigenvalue weighted by atomic mass is 10.1. The van der Waals surface area contributed by atoms with Gasteiger partial charge in [0.15, 0.2) is 0 Å². The molecule has 1 amide bonds. The van der Waals surface area contributed by atoms with Crippen LogP contribution in [0.1, 0.15) is 41.9 Å². The van der Waals surface area contributed by atoms with E-state index in [9.17, 15) is 14.0 Å². The minimum atomic E-state index is -0.585. The van der Waals surface area contributed by atoms with Gasteiger partial charge in [-0.05, 0) is 38.0 Å². The number of hydrogen-bond donors (Lipinski definition) is 2. The van der Waals surface area contributed by atoms with E-state index >= 15 is 0 Å². The second-order valence-corrected chi connectivity index (χ2v) is 6.42. The first-order chi connectivity index (χ1) is 11.9. The lowest BCUT2D eigenvalue weighted by Gasteiger charge is -2.19. The van der Waals surface area contributed by atoms with Gasteiger partial charge in [-0.3, -0.25) is 14.6 Å². The average molecular weight is 365 g/mol. The van der Waals surface area contributed by atoms with Crippen molar-refractivity contribution in [2.45, 2.75) is 25.8 Å². The number of nitrogens with one attached hydrogen (secondary N) is 2. The number of anilines is 1. The van der Waals surface area contributed by atoms with Crippen LogP contribution in [0.4, 0.5) is 10.3 Å². The minimum absolute atomic E-state index is 0.120. The molecule has 3 rings (SSSR count). The van der Waals surface area contributed by atoms with Crippen LogP contribution in [0.25, 0.3) is 0 Å². The van der Waals surface area contributed by atoms with E-state index in [0.717, 1.165) is 32.0 Å². The van der Waals surface area contributed by atoms with E-state index in [-0.39, 0.29) is 16.1 Å². The molecule has 25 heavy (non-hydrogen) atoms. The maximum atomic E-state index is 13.2. The molecule has 0 spiro atoms. The van der Waals surface area contributed by atoms with Gasteiger partial charge in [-0.1, -0.05) is 11.6 Å². The number of H-pyrrole nitrogens is 1. The first kappa shape index (κ1) is 17.4. The summed E-state index contributed by atoms with van der Waals surface area (Å²) in [6.45, 7) is 3.43. The number of aromatic amines is 1. The molecule has 0 bridgehead atoms. The normalized spacial score (nSPS) is 15.2. The molecule has 132 valence electrons. The van der Waals surface area contributed by atoms with E-state index in [4.69, 9.17) is 11.6 Å². The number of carbonyl (C=O) groups is 1. The van der Waals surface area contributed by atoms with Crippen molar-refractivity contribution in [1.82, 2.24) is 15.3 Å². The largest absolute Gasteiger partial charge is 0.344 e. The quantitative estimate of drug-likeness (QED) is 0.874. The number of benzene rings is 1. The van der Waals surface area contributed by atoms with Crippen LogP contribution in [0, 0.1) is 5.82 Å². The molecular weight excluding hydrogens is 347 g/mol. The number of carbonyl (C=O) groups excluding carboxylic acids is 1. The summed E-state index contributed by atoms with van der Waals surface area (Å²) in [5, 5.41) is 2.63. The monoisotopic (exact) mass is 364 g/mol. The molecule has 1 saturated heterocycles. The Balaban J connectivity index is 1.78. The summed E-state index contributed by atoms with van der Waals surface area (Å²) in [5.41, 5.74) is 0.438. The molecule has 0 unspecified atom stereocenters. The van der Waals surface area contributed by atoms with Gasteiger partial charge in [0.2, 0.25) is 5.95 Å². The van der Waals surface area contributed by atoms with Crippen LogP contribution < -0.4 is 15.8 Å². The Kier molecular flexibility index (Phi) is 5.03. The van der Waals surface area contributed by atoms with Crippen LogP contribution in [0.3, 0.4) is 0 Å². The fraction of sp³-hybridized carbons (Fsp3) is 0.353. The molecule has 2 heterocycles. The van der Waals surface area contributed by atoms with Gasteiger partial charge in [0.1, 0.15) is 5.82 Å². The number of nitrogens with zero attached hydrogens (tertiary/aromatic N) is 2. The van der Waals surface area contributed by atoms with Crippen molar-refractivity contribution in [3.63, 3.8) is 0 Å². The zero-order valence-corrected chi connectivity index (χ0v) is 14.4. The Morgan fingerprint density at radius 3 is 2.76 bits per heavy atom. The van der Waals surface area contributed by atoms with Crippen LogP contribution in [0.2, 0.25) is 5.02 Å². The summed E-state index contributed by atoms with van der Waals surface area (Å²) < 4.78 is 13.2. The SMILES string of the molecule is C[C@@H](NC(=O)c1ccc(F)c(Cl)c1)c1cc(=O)[nH]c(N2CCCC2)n1. The van der Waals surface area contributed by atoms with Crippen molar-refractivity contribution in [3.8, 4) is 0 Å². The predicted octanol–water partition coefficient (Wildman–Crippen LogP) is 2.65. The summed E-state index contributed by atoms with van der Waals surface area (Å²) in [4.78, 5) is 33.4. The highest BCUT2D eigenvalue weighted by atomic mass is 35.5. The Bertz CT molecular complexity index is 849. The van der Waals surface area contributed by atoms with Crippen LogP contribution in [-0.4, -0.2) is 29.0 Å². The zero-order valence-electron chi connectivity index (χ0n) is 13.7. The van der Waals surface area contributed by atoms with Gasteiger partial charge in [-0.2, -0.15) is 0 Å². The maximum absolute atomic E-state index is 13.2. The lowest BCUT2D eigenvalue weighted by molar-refractivity contribution is 0.0939. The average Bonchev–Trinajstić information content (AvgIpc) is 3.11. The van der Waals surface area contributed by atoms with Gasteiger partial charge >= 0.3 is 0 Å². The summed E-state index contributed by atoms with van der Waals surface area (Å²) >= 11 is 5.71. The second-order valence-electron chi connectivity index (χ2n) is 6.01. The standard InChI is InChI=1S/C17H18ClFN4O2/c1-10(20-16(25)11-4-5-13(19)12(18)8-11)14-9-15(24)22-17(21-14)23-6-2-3-7-23/h4-5,8-10H,2-3,6-7H2,1H3,(H,20,25)(H,21,22,24)/t10-/m1/s1. The van der Waals surface area contributed by atoms with Crippen LogP contribution >= 0.6 is 11.6 Å². The molecule has 2 N–H and O–H groups in total. The van der Waals surface area contributed by atoms with E-state index in [0.29, 0.717) is 11.6 Å². The Hall–Kier alpha value is -2.41. The first-order valence-electron chi connectivity index (χ1n) is 8.06. The highest BCUT2D eigenvalue weighted by Crippen LogP contribution is 2.19. The summed E-state index contributed by atoms with van der Waals surface area (Å²) in [7, 11) is 0. The van der Waals surface area contributed by atoms with Gasteiger partial charge in [0, 0.05) is 24.7 Å². The minimum Gasteiger partial charge on any atom is -0.344 e. The first-order valence-corrected chi connectivity index (χ1v) is 8.44. The van der Waals surface area contributed by atoms with Crippen molar-refractivity contribution in [1.29, 1.82) is 0 Å². The Morgan fingerprint density at radius 1 is 1.36 bits per heavy atom. The molecule has 8 heteroatoms. The lowest BCUT2D eigenvalue weighted by Crippen LogP contribution is -2.30. The predicted molar refractivity (Wildman–Crippen MR) is 93.6 cm³/mol. The van der Waals surface area contributed by atoms with Crippen molar-refractivity contribution >= 4 is 23.5 Å². The number of halogens is 2. The number of amides is 1. The fourth-order valence-corrected chi connectivity index (χ4v) is 2.94. The van der Waals surface area contributed by atoms with Gasteiger partial charge in [-0.25, -0.2) is 9.37 Å². The van der Waals surface area contributed by atoms with Gasteiger partial charge in [-0.15, -0.1) is 0 Å². The highest BCUT2D eigenvalue weighted by molar-refractivity contribution is 6.31. The molecule has 2 aromatic rings. The molecule has 6 nitrogen and oxygen atoms in total. The third kappa shape index (κ3) is 3.99. The molecule has 1 atom stereocenters. The van der Waals surface area contributed by atoms with Gasteiger partial charge < -0.3 is 10.2 Å². The van der Waals surface area contributed by atoms with E-state index < -0.39 is 17.8 Å². The van der Waals surface area contributed by atoms with E-state index in [1.807, 2.05) is 4.90 Å². The molecular formula is C17H18ClFN4O2. The molecule has 1 aliphatic rings. The smallest absolute Gasteiger partial charge is 0.252 e. The Labute approximate surface area is 149 Å². The molecule has 0 aliphatic carbocycles. The van der Waals surface area contributed by atoms with E-state index in [1.54, 1.807) is 6.92 Å². The van der Waals surface area contributed by atoms with Gasteiger partial charge in [0.25, 0.3) is 11.5 Å². The van der Waals surface area contributed by atoms with Crippen molar-refractivity contribution in [2.75, 3.05) is 18.0 Å². The summed E-state index contributed by atoms with van der Waals surface area (Å²) in [6, 6.07) is 4.63. The van der Waals surface area contributed by atoms with Gasteiger partial charge in [0.05, 0.1) is 16.8 Å². The molecule has 1 aromatic carbocycles. The Morgan fingerprint density at radius 2 is 2.08 bits per heavy atom. The fourth-order valence-electron chi connectivity index (χ4n) is 2.75. The second kappa shape index (κ2) is 7.23. The zero-order chi connectivity index (χ0) is 18.0. The third-order valence-electron chi connectivity index (χ3n) is 4.13. The van der Waals surface area contributed by atoms with Crippen LogP contribution in [0.5, 0.6) is 0 Å². The molecule has 1 aromatic heterocycles. The number of rotatable bonds is 4. The number of hydrogen-bond acceptors (Lipinski definition) is 4. The molecule has 0 radical (unpaired) electrons. The third-order valence-corrected chi connectivity index (χ3v) is 4.42. The van der Waals surface area contributed by atoms with Crippen molar-refractivity contribution in [3.05, 3.63) is 56.7 Å². The molecule has 1 fully saturated rings. The molecule has 1 aliphatic heterocycles. The highest BCUT2D eigenvalue weighted by Gasteiger charge is 2.19. The molecule has 0 saturated carbocycles. The number of aromatic nitrogens is 2. The van der Waals surface area contributed by atoms with Crippen molar-refractivity contribution in [2.24, 2.45) is 0 Å². The van der Waals surface area contributed by atoms with Crippen LogP contribution in [-0.2, 0) is 0 Å². The van der Waals surface area contributed by atoms with E-state index in [2.05, 4.69) is 15.3 Å². The van der Waals surface area contributed by atoms with Crippen LogP contribution in [0.15, 0.2) is 29.1 Å². The topological polar surface area (TPSA) is 78.1 Å². The van der Waals surface area contributed by atoms with Crippen molar-refractivity contribution < 1.29 is 9.18 Å². The van der Waals surface area contributed by atoms with E-state index in [1.165, 1.54) is 18.2 Å².